The summed E-state index contributed by atoms with van der Waals surface area (Å²) in [5.41, 5.74) is 1.85. The normalized spacial score (nSPS) is 10.1. The number of nitrogens with zero attached hydrogens (tertiary/aromatic N) is 3. The molecule has 0 aliphatic rings. The molecule has 23 heavy (non-hydrogen) atoms. The van der Waals surface area contributed by atoms with Crippen LogP contribution in [0.2, 0.25) is 0 Å². The summed E-state index contributed by atoms with van der Waals surface area (Å²) in [5, 5.41) is 15.7. The van der Waals surface area contributed by atoms with Crippen LogP contribution in [-0.4, -0.2) is 22.3 Å². The topological polar surface area (TPSA) is 79.9 Å². The van der Waals surface area contributed by atoms with E-state index < -0.39 is 0 Å². The Morgan fingerprint density at radius 3 is 2.96 bits per heavy atom. The third-order valence-corrected chi connectivity index (χ3v) is 3.32. The first-order valence-electron chi connectivity index (χ1n) is 7.56. The maximum atomic E-state index is 12.1. The van der Waals surface area contributed by atoms with Crippen molar-refractivity contribution in [3.05, 3.63) is 41.6 Å². The van der Waals surface area contributed by atoms with E-state index in [9.17, 15) is 4.79 Å². The molecule has 0 aliphatic carbocycles. The van der Waals surface area contributed by atoms with Gasteiger partial charge in [-0.1, -0.05) is 25.1 Å². The molecule has 2 aromatic rings. The number of benzene rings is 1. The molecule has 2 rings (SSSR count). The monoisotopic (exact) mass is 312 g/mol. The van der Waals surface area contributed by atoms with E-state index in [4.69, 9.17) is 10.00 Å². The van der Waals surface area contributed by atoms with Gasteiger partial charge in [-0.15, -0.1) is 0 Å². The Balaban J connectivity index is 1.96. The summed E-state index contributed by atoms with van der Waals surface area (Å²) in [6, 6.07) is 11.5. The minimum absolute atomic E-state index is 0.0699. The van der Waals surface area contributed by atoms with Crippen molar-refractivity contribution >= 4 is 11.7 Å². The standard InChI is InChI=1S/C17H20N4O2/c1-3-14-7-4-5-8-15(14)23-12-17(22)19-16-11-13(2)20-21(16)10-6-9-18/h4-5,7-8,11H,3,6,10,12H2,1-2H3,(H,19,22). The van der Waals surface area contributed by atoms with Crippen molar-refractivity contribution < 1.29 is 9.53 Å². The van der Waals surface area contributed by atoms with Gasteiger partial charge in [-0.3, -0.25) is 4.79 Å². The fourth-order valence-electron chi connectivity index (χ4n) is 2.23. The minimum atomic E-state index is -0.256. The van der Waals surface area contributed by atoms with Gasteiger partial charge < -0.3 is 10.1 Å². The number of nitriles is 1. The van der Waals surface area contributed by atoms with Crippen molar-refractivity contribution in [3.8, 4) is 11.8 Å². The quantitative estimate of drug-likeness (QED) is 0.852. The van der Waals surface area contributed by atoms with Crippen molar-refractivity contribution in [3.63, 3.8) is 0 Å². The first-order valence-corrected chi connectivity index (χ1v) is 7.56. The highest BCUT2D eigenvalue weighted by Gasteiger charge is 2.10. The van der Waals surface area contributed by atoms with Gasteiger partial charge in [0.1, 0.15) is 11.6 Å². The molecule has 1 N–H and O–H groups in total. The third kappa shape index (κ3) is 4.58. The van der Waals surface area contributed by atoms with Gasteiger partial charge in [0, 0.05) is 6.07 Å². The van der Waals surface area contributed by atoms with Crippen LogP contribution >= 0.6 is 0 Å². The average molecular weight is 312 g/mol. The summed E-state index contributed by atoms with van der Waals surface area (Å²) in [6.45, 7) is 4.25. The van der Waals surface area contributed by atoms with Crippen molar-refractivity contribution in [2.24, 2.45) is 0 Å². The zero-order valence-corrected chi connectivity index (χ0v) is 13.4. The predicted molar refractivity (Wildman–Crippen MR) is 87.1 cm³/mol. The van der Waals surface area contributed by atoms with E-state index in [1.54, 1.807) is 10.7 Å². The number of aromatic nitrogens is 2. The molecule has 0 saturated heterocycles. The number of amides is 1. The van der Waals surface area contributed by atoms with Crippen LogP contribution in [0.4, 0.5) is 5.82 Å². The Kier molecular flexibility index (Phi) is 5.75. The molecule has 0 spiro atoms. The smallest absolute Gasteiger partial charge is 0.263 e. The summed E-state index contributed by atoms with van der Waals surface area (Å²) in [7, 11) is 0. The molecule has 1 amide bonds. The second-order valence-corrected chi connectivity index (χ2v) is 5.10. The molecule has 6 nitrogen and oxygen atoms in total. The number of anilines is 1. The highest BCUT2D eigenvalue weighted by molar-refractivity contribution is 5.91. The molecule has 0 radical (unpaired) electrons. The number of ether oxygens (including phenoxy) is 1. The maximum absolute atomic E-state index is 12.1. The van der Waals surface area contributed by atoms with Gasteiger partial charge in [-0.05, 0) is 25.0 Å². The van der Waals surface area contributed by atoms with Crippen LogP contribution in [0, 0.1) is 18.3 Å². The van der Waals surface area contributed by atoms with Crippen LogP contribution in [0.3, 0.4) is 0 Å². The van der Waals surface area contributed by atoms with E-state index in [2.05, 4.69) is 16.5 Å². The lowest BCUT2D eigenvalue weighted by Gasteiger charge is -2.11. The number of nitrogens with one attached hydrogen (secondary N) is 1. The van der Waals surface area contributed by atoms with Gasteiger partial charge in [0.2, 0.25) is 0 Å². The Labute approximate surface area is 135 Å². The lowest BCUT2D eigenvalue weighted by Crippen LogP contribution is -2.22. The lowest BCUT2D eigenvalue weighted by molar-refractivity contribution is -0.118. The molecule has 0 aliphatic heterocycles. The molecule has 6 heteroatoms. The molecule has 1 aromatic carbocycles. The van der Waals surface area contributed by atoms with Crippen LogP contribution in [0.15, 0.2) is 30.3 Å². The summed E-state index contributed by atoms with van der Waals surface area (Å²) < 4.78 is 7.22. The predicted octanol–water partition coefficient (Wildman–Crippen LogP) is 2.69. The highest BCUT2D eigenvalue weighted by atomic mass is 16.5. The van der Waals surface area contributed by atoms with Crippen LogP contribution in [-0.2, 0) is 17.8 Å². The average Bonchev–Trinajstić information content (AvgIpc) is 2.90. The fraction of sp³-hybridized carbons (Fsp3) is 0.353. The van der Waals surface area contributed by atoms with Crippen molar-refractivity contribution in [1.82, 2.24) is 9.78 Å². The Hall–Kier alpha value is -2.81. The number of carbonyl (C=O) groups is 1. The molecule has 0 fully saturated rings. The van der Waals surface area contributed by atoms with Crippen molar-refractivity contribution in [1.29, 1.82) is 5.26 Å². The van der Waals surface area contributed by atoms with Crippen LogP contribution in [0.25, 0.3) is 0 Å². The SMILES string of the molecule is CCc1ccccc1OCC(=O)Nc1cc(C)nn1CCC#N. The summed E-state index contributed by atoms with van der Waals surface area (Å²) >= 11 is 0. The number of aryl methyl sites for hydroxylation is 3. The number of hydrogen-bond donors (Lipinski definition) is 1. The molecule has 0 bridgehead atoms. The summed E-state index contributed by atoms with van der Waals surface area (Å²) in [5.74, 6) is 1.04. The number of carbonyl (C=O) groups excluding carboxylic acids is 1. The van der Waals surface area contributed by atoms with Gasteiger partial charge in [0.25, 0.3) is 5.91 Å². The molecule has 1 aromatic heterocycles. The van der Waals surface area contributed by atoms with Crippen molar-refractivity contribution in [2.75, 3.05) is 11.9 Å². The van der Waals surface area contributed by atoms with Gasteiger partial charge in [0.05, 0.1) is 24.7 Å². The second-order valence-electron chi connectivity index (χ2n) is 5.10. The number of rotatable bonds is 7. The zero-order valence-electron chi connectivity index (χ0n) is 13.4. The van der Waals surface area contributed by atoms with Crippen molar-refractivity contribution in [2.45, 2.75) is 33.2 Å². The second kappa shape index (κ2) is 7.99. The third-order valence-electron chi connectivity index (χ3n) is 3.32. The molecular formula is C17H20N4O2. The number of hydrogen-bond acceptors (Lipinski definition) is 4. The maximum Gasteiger partial charge on any atom is 0.263 e. The Morgan fingerprint density at radius 1 is 1.43 bits per heavy atom. The first kappa shape index (κ1) is 16.6. The molecule has 0 saturated carbocycles. The van der Waals surface area contributed by atoms with Crippen LogP contribution < -0.4 is 10.1 Å². The van der Waals surface area contributed by atoms with E-state index in [1.165, 1.54) is 0 Å². The Morgan fingerprint density at radius 2 is 2.22 bits per heavy atom. The van der Waals surface area contributed by atoms with Gasteiger partial charge in [-0.2, -0.15) is 10.4 Å². The highest BCUT2D eigenvalue weighted by Crippen LogP contribution is 2.18. The molecular weight excluding hydrogens is 292 g/mol. The van der Waals surface area contributed by atoms with Gasteiger partial charge in [-0.25, -0.2) is 4.68 Å². The summed E-state index contributed by atoms with van der Waals surface area (Å²) in [4.78, 5) is 12.1. The molecule has 1 heterocycles. The molecule has 120 valence electrons. The summed E-state index contributed by atoms with van der Waals surface area (Å²) in [6.07, 6.45) is 1.18. The van der Waals surface area contributed by atoms with E-state index in [-0.39, 0.29) is 12.5 Å². The van der Waals surface area contributed by atoms with Gasteiger partial charge >= 0.3 is 0 Å². The minimum Gasteiger partial charge on any atom is -0.483 e. The van der Waals surface area contributed by atoms with Crippen LogP contribution in [0.5, 0.6) is 5.75 Å². The molecule has 0 atom stereocenters. The lowest BCUT2D eigenvalue weighted by atomic mass is 10.1. The van der Waals surface area contributed by atoms with E-state index in [0.717, 1.165) is 23.4 Å². The Bertz CT molecular complexity index is 716. The molecule has 0 unspecified atom stereocenters. The number of para-hydroxylation sites is 1. The largest absolute Gasteiger partial charge is 0.483 e. The van der Waals surface area contributed by atoms with E-state index in [0.29, 0.717) is 18.8 Å². The van der Waals surface area contributed by atoms with Crippen LogP contribution in [0.1, 0.15) is 24.6 Å². The van der Waals surface area contributed by atoms with E-state index in [1.807, 2.05) is 38.1 Å². The first-order chi connectivity index (χ1) is 11.1. The van der Waals surface area contributed by atoms with Gasteiger partial charge in [0.15, 0.2) is 6.61 Å². The fourth-order valence-corrected chi connectivity index (χ4v) is 2.23. The zero-order chi connectivity index (χ0) is 16.7. The van der Waals surface area contributed by atoms with E-state index >= 15 is 0 Å².